The molecule has 1 aromatic heterocycles. The standard InChI is InChI=1S/C23H19N3O2/c1-2-4-17-14(3-1)5-8-18(24-17)15-6-9-19-20(11-15)26-23(25-19)16-7-10-21-22(12-16)28-13-27-21/h1-4,6-7,9-12,18,24H,5,8,13H2,(H,25,26). The van der Waals surface area contributed by atoms with E-state index in [9.17, 15) is 0 Å². The van der Waals surface area contributed by atoms with Gasteiger partial charge in [-0.05, 0) is 60.4 Å². The predicted octanol–water partition coefficient (Wildman–Crippen LogP) is 5.06. The Labute approximate surface area is 162 Å². The number of para-hydroxylation sites is 1. The van der Waals surface area contributed by atoms with Gasteiger partial charge in [0.25, 0.3) is 0 Å². The van der Waals surface area contributed by atoms with E-state index in [-0.39, 0.29) is 6.79 Å². The van der Waals surface area contributed by atoms with Crippen molar-refractivity contribution >= 4 is 16.7 Å². The molecule has 6 rings (SSSR count). The van der Waals surface area contributed by atoms with Gasteiger partial charge < -0.3 is 19.8 Å². The maximum absolute atomic E-state index is 5.49. The van der Waals surface area contributed by atoms with Gasteiger partial charge in [0.05, 0.1) is 17.1 Å². The summed E-state index contributed by atoms with van der Waals surface area (Å²) in [6.07, 6.45) is 2.18. The number of benzene rings is 3. The molecule has 3 aromatic carbocycles. The molecule has 28 heavy (non-hydrogen) atoms. The second-order valence-electron chi connectivity index (χ2n) is 7.32. The number of aryl methyl sites for hydroxylation is 1. The third-order valence-electron chi connectivity index (χ3n) is 5.60. The second kappa shape index (κ2) is 6.02. The molecule has 2 aliphatic rings. The molecule has 0 bridgehead atoms. The zero-order chi connectivity index (χ0) is 18.5. The molecule has 0 saturated carbocycles. The summed E-state index contributed by atoms with van der Waals surface area (Å²) in [6.45, 7) is 0.278. The average molecular weight is 369 g/mol. The van der Waals surface area contributed by atoms with E-state index < -0.39 is 0 Å². The predicted molar refractivity (Wildman–Crippen MR) is 109 cm³/mol. The highest BCUT2D eigenvalue weighted by atomic mass is 16.7. The van der Waals surface area contributed by atoms with Crippen LogP contribution in [0.4, 0.5) is 5.69 Å². The fraction of sp³-hybridized carbons (Fsp3) is 0.174. The molecule has 0 amide bonds. The van der Waals surface area contributed by atoms with Crippen molar-refractivity contribution in [3.63, 3.8) is 0 Å². The number of rotatable bonds is 2. The van der Waals surface area contributed by atoms with Gasteiger partial charge in [-0.2, -0.15) is 0 Å². The molecule has 138 valence electrons. The largest absolute Gasteiger partial charge is 0.454 e. The molecule has 0 fully saturated rings. The number of aromatic nitrogens is 2. The van der Waals surface area contributed by atoms with E-state index in [1.54, 1.807) is 0 Å². The Balaban J connectivity index is 1.33. The quantitative estimate of drug-likeness (QED) is 0.519. The van der Waals surface area contributed by atoms with E-state index in [4.69, 9.17) is 14.5 Å². The van der Waals surface area contributed by atoms with Crippen LogP contribution in [0.15, 0.2) is 60.7 Å². The lowest BCUT2D eigenvalue weighted by atomic mass is 9.93. The molecule has 2 N–H and O–H groups in total. The van der Waals surface area contributed by atoms with Crippen molar-refractivity contribution in [2.75, 3.05) is 12.1 Å². The van der Waals surface area contributed by atoms with E-state index in [1.165, 1.54) is 16.8 Å². The summed E-state index contributed by atoms with van der Waals surface area (Å²) < 4.78 is 10.9. The number of nitrogens with one attached hydrogen (secondary N) is 2. The molecular formula is C23H19N3O2. The first-order valence-electron chi connectivity index (χ1n) is 9.58. The van der Waals surface area contributed by atoms with Crippen molar-refractivity contribution in [1.82, 2.24) is 9.97 Å². The fourth-order valence-electron chi connectivity index (χ4n) is 4.11. The van der Waals surface area contributed by atoms with Crippen molar-refractivity contribution in [1.29, 1.82) is 0 Å². The SMILES string of the molecule is c1ccc2c(c1)CCC(c1ccc3nc(-c4ccc5c(c4)OCO5)[nH]c3c1)N2. The van der Waals surface area contributed by atoms with Gasteiger partial charge >= 0.3 is 0 Å². The number of imidazole rings is 1. The summed E-state index contributed by atoms with van der Waals surface area (Å²) in [5.74, 6) is 2.39. The molecule has 4 aromatic rings. The molecule has 0 spiro atoms. The first kappa shape index (κ1) is 15.6. The molecule has 0 radical (unpaired) electrons. The lowest BCUT2D eigenvalue weighted by molar-refractivity contribution is 0.174. The highest BCUT2D eigenvalue weighted by Gasteiger charge is 2.20. The number of fused-ring (bicyclic) bond motifs is 3. The smallest absolute Gasteiger partial charge is 0.231 e. The van der Waals surface area contributed by atoms with Gasteiger partial charge in [-0.3, -0.25) is 0 Å². The Morgan fingerprint density at radius 1 is 0.929 bits per heavy atom. The first-order valence-corrected chi connectivity index (χ1v) is 9.58. The van der Waals surface area contributed by atoms with Gasteiger partial charge in [-0.15, -0.1) is 0 Å². The Kier molecular flexibility index (Phi) is 3.35. The Morgan fingerprint density at radius 3 is 2.86 bits per heavy atom. The first-order chi connectivity index (χ1) is 13.8. The van der Waals surface area contributed by atoms with Gasteiger partial charge in [0.2, 0.25) is 6.79 Å². The third kappa shape index (κ3) is 2.51. The number of anilines is 1. The van der Waals surface area contributed by atoms with Gasteiger partial charge in [0.1, 0.15) is 5.82 Å². The minimum absolute atomic E-state index is 0.278. The summed E-state index contributed by atoms with van der Waals surface area (Å²) in [4.78, 5) is 8.22. The van der Waals surface area contributed by atoms with Crippen LogP contribution < -0.4 is 14.8 Å². The van der Waals surface area contributed by atoms with E-state index in [0.29, 0.717) is 6.04 Å². The van der Waals surface area contributed by atoms with Gasteiger partial charge in [0, 0.05) is 11.3 Å². The van der Waals surface area contributed by atoms with E-state index in [0.717, 1.165) is 46.8 Å². The summed E-state index contributed by atoms with van der Waals surface area (Å²) in [6, 6.07) is 21.3. The minimum atomic E-state index is 0.278. The summed E-state index contributed by atoms with van der Waals surface area (Å²) >= 11 is 0. The molecule has 5 heteroatoms. The van der Waals surface area contributed by atoms with Gasteiger partial charge in [-0.1, -0.05) is 24.3 Å². The summed E-state index contributed by atoms with van der Waals surface area (Å²) in [5.41, 5.74) is 6.92. The van der Waals surface area contributed by atoms with Crippen LogP contribution in [0.1, 0.15) is 23.6 Å². The van der Waals surface area contributed by atoms with Crippen LogP contribution in [-0.2, 0) is 6.42 Å². The molecule has 3 heterocycles. The highest BCUT2D eigenvalue weighted by molar-refractivity contribution is 5.80. The molecule has 0 aliphatic carbocycles. The lowest BCUT2D eigenvalue weighted by Gasteiger charge is -2.27. The molecular weight excluding hydrogens is 350 g/mol. The summed E-state index contributed by atoms with van der Waals surface area (Å²) in [5, 5.41) is 3.68. The molecule has 1 atom stereocenters. The Bertz CT molecular complexity index is 1200. The number of aromatic amines is 1. The van der Waals surface area contributed by atoms with Crippen LogP contribution in [0, 0.1) is 0 Å². The van der Waals surface area contributed by atoms with Gasteiger partial charge in [0.15, 0.2) is 11.5 Å². The number of H-pyrrole nitrogens is 1. The third-order valence-corrected chi connectivity index (χ3v) is 5.60. The Hall–Kier alpha value is -3.47. The highest BCUT2D eigenvalue weighted by Crippen LogP contribution is 2.36. The minimum Gasteiger partial charge on any atom is -0.454 e. The van der Waals surface area contributed by atoms with Crippen LogP contribution in [0.3, 0.4) is 0 Å². The molecule has 2 aliphatic heterocycles. The van der Waals surface area contributed by atoms with E-state index >= 15 is 0 Å². The molecule has 0 saturated heterocycles. The van der Waals surface area contributed by atoms with E-state index in [1.807, 2.05) is 18.2 Å². The summed E-state index contributed by atoms with van der Waals surface area (Å²) in [7, 11) is 0. The lowest BCUT2D eigenvalue weighted by Crippen LogP contribution is -2.17. The Morgan fingerprint density at radius 2 is 1.86 bits per heavy atom. The van der Waals surface area contributed by atoms with Crippen molar-refractivity contribution < 1.29 is 9.47 Å². The zero-order valence-corrected chi connectivity index (χ0v) is 15.2. The normalized spacial score (nSPS) is 17.4. The van der Waals surface area contributed by atoms with Crippen LogP contribution in [-0.4, -0.2) is 16.8 Å². The monoisotopic (exact) mass is 369 g/mol. The maximum Gasteiger partial charge on any atom is 0.231 e. The van der Waals surface area contributed by atoms with Crippen molar-refractivity contribution in [3.05, 3.63) is 71.8 Å². The molecule has 5 nitrogen and oxygen atoms in total. The zero-order valence-electron chi connectivity index (χ0n) is 15.2. The number of hydrogen-bond donors (Lipinski definition) is 2. The molecule has 1 unspecified atom stereocenters. The van der Waals surface area contributed by atoms with Crippen LogP contribution in [0.25, 0.3) is 22.4 Å². The van der Waals surface area contributed by atoms with Crippen molar-refractivity contribution in [2.24, 2.45) is 0 Å². The number of ether oxygens (including phenoxy) is 2. The maximum atomic E-state index is 5.49. The average Bonchev–Trinajstić information content (AvgIpc) is 3.39. The fourth-order valence-corrected chi connectivity index (χ4v) is 4.11. The van der Waals surface area contributed by atoms with E-state index in [2.05, 4.69) is 52.8 Å². The van der Waals surface area contributed by atoms with Crippen molar-refractivity contribution in [2.45, 2.75) is 18.9 Å². The number of nitrogens with zero attached hydrogens (tertiary/aromatic N) is 1. The number of hydrogen-bond acceptors (Lipinski definition) is 4. The van der Waals surface area contributed by atoms with Gasteiger partial charge in [-0.25, -0.2) is 4.98 Å². The topological polar surface area (TPSA) is 59.2 Å². The van der Waals surface area contributed by atoms with Crippen LogP contribution in [0.5, 0.6) is 11.5 Å². The van der Waals surface area contributed by atoms with Crippen LogP contribution >= 0.6 is 0 Å². The second-order valence-corrected chi connectivity index (χ2v) is 7.32. The van der Waals surface area contributed by atoms with Crippen LogP contribution in [0.2, 0.25) is 0 Å². The van der Waals surface area contributed by atoms with Crippen molar-refractivity contribution in [3.8, 4) is 22.9 Å².